The SMILES string of the molecule is COc1cc(OC)cc(C(=O)NCC(=O)O[C@@H](C)C(=O)Nc2cccc(C)c2)c1. The number of hydrogen-bond donors (Lipinski definition) is 2. The van der Waals surface area contributed by atoms with Crippen molar-refractivity contribution in [2.75, 3.05) is 26.1 Å². The maximum absolute atomic E-state index is 12.3. The lowest BCUT2D eigenvalue weighted by molar-refractivity contribution is -0.152. The van der Waals surface area contributed by atoms with Gasteiger partial charge in [0.2, 0.25) is 0 Å². The van der Waals surface area contributed by atoms with Crippen molar-refractivity contribution in [1.29, 1.82) is 0 Å². The highest BCUT2D eigenvalue weighted by Gasteiger charge is 2.19. The number of esters is 1. The molecule has 8 nitrogen and oxygen atoms in total. The largest absolute Gasteiger partial charge is 0.497 e. The molecule has 29 heavy (non-hydrogen) atoms. The van der Waals surface area contributed by atoms with Crippen LogP contribution in [0.4, 0.5) is 5.69 Å². The molecule has 2 aromatic rings. The molecule has 0 saturated heterocycles. The van der Waals surface area contributed by atoms with Crippen LogP contribution in [0.15, 0.2) is 42.5 Å². The van der Waals surface area contributed by atoms with Gasteiger partial charge in [-0.25, -0.2) is 0 Å². The Morgan fingerprint density at radius 1 is 1.00 bits per heavy atom. The molecule has 0 aliphatic heterocycles. The molecule has 0 aliphatic rings. The van der Waals surface area contributed by atoms with Gasteiger partial charge in [-0.2, -0.15) is 0 Å². The Kier molecular flexibility index (Phi) is 7.59. The third-order valence-electron chi connectivity index (χ3n) is 3.97. The van der Waals surface area contributed by atoms with Gasteiger partial charge in [-0.3, -0.25) is 14.4 Å². The predicted octanol–water partition coefficient (Wildman–Crippen LogP) is 2.31. The Morgan fingerprint density at radius 2 is 1.66 bits per heavy atom. The zero-order valence-electron chi connectivity index (χ0n) is 16.8. The molecule has 0 aromatic heterocycles. The Balaban J connectivity index is 1.87. The van der Waals surface area contributed by atoms with Gasteiger partial charge < -0.3 is 24.8 Å². The number of hydrogen-bond acceptors (Lipinski definition) is 6. The lowest BCUT2D eigenvalue weighted by atomic mass is 10.2. The fourth-order valence-electron chi connectivity index (χ4n) is 2.45. The van der Waals surface area contributed by atoms with Gasteiger partial charge in [-0.1, -0.05) is 12.1 Å². The van der Waals surface area contributed by atoms with E-state index in [1.165, 1.54) is 33.3 Å². The first-order valence-electron chi connectivity index (χ1n) is 8.90. The van der Waals surface area contributed by atoms with E-state index in [0.29, 0.717) is 17.2 Å². The van der Waals surface area contributed by atoms with Crippen LogP contribution in [0.2, 0.25) is 0 Å². The number of amides is 2. The molecule has 1 atom stereocenters. The van der Waals surface area contributed by atoms with Crippen LogP contribution in [0, 0.1) is 6.92 Å². The molecule has 0 unspecified atom stereocenters. The van der Waals surface area contributed by atoms with Crippen LogP contribution < -0.4 is 20.1 Å². The van der Waals surface area contributed by atoms with Gasteiger partial charge in [-0.15, -0.1) is 0 Å². The minimum atomic E-state index is -1.02. The van der Waals surface area contributed by atoms with E-state index in [-0.39, 0.29) is 12.1 Å². The Hall–Kier alpha value is -3.55. The molecule has 2 N–H and O–H groups in total. The van der Waals surface area contributed by atoms with Crippen molar-refractivity contribution in [3.05, 3.63) is 53.6 Å². The fraction of sp³-hybridized carbons (Fsp3) is 0.286. The van der Waals surface area contributed by atoms with Gasteiger partial charge >= 0.3 is 5.97 Å². The summed E-state index contributed by atoms with van der Waals surface area (Å²) in [7, 11) is 2.94. The van der Waals surface area contributed by atoms with E-state index < -0.39 is 23.9 Å². The second kappa shape index (κ2) is 10.1. The van der Waals surface area contributed by atoms with Crippen molar-refractivity contribution in [2.45, 2.75) is 20.0 Å². The number of methoxy groups -OCH3 is 2. The third kappa shape index (κ3) is 6.53. The Morgan fingerprint density at radius 3 is 2.24 bits per heavy atom. The summed E-state index contributed by atoms with van der Waals surface area (Å²) in [4.78, 5) is 36.4. The van der Waals surface area contributed by atoms with Crippen LogP contribution in [-0.4, -0.2) is 44.7 Å². The summed E-state index contributed by atoms with van der Waals surface area (Å²) in [5, 5.41) is 5.12. The molecule has 0 saturated carbocycles. The molecule has 0 spiro atoms. The minimum Gasteiger partial charge on any atom is -0.497 e. The second-order valence-electron chi connectivity index (χ2n) is 6.27. The topological polar surface area (TPSA) is 103 Å². The monoisotopic (exact) mass is 400 g/mol. The average Bonchev–Trinajstić information content (AvgIpc) is 2.71. The lowest BCUT2D eigenvalue weighted by Crippen LogP contribution is -2.35. The average molecular weight is 400 g/mol. The van der Waals surface area contributed by atoms with E-state index in [4.69, 9.17) is 14.2 Å². The van der Waals surface area contributed by atoms with Crippen LogP contribution in [0.1, 0.15) is 22.8 Å². The number of nitrogens with one attached hydrogen (secondary N) is 2. The number of ether oxygens (including phenoxy) is 3. The normalized spacial score (nSPS) is 11.2. The highest BCUT2D eigenvalue weighted by Crippen LogP contribution is 2.22. The zero-order chi connectivity index (χ0) is 21.4. The molecular formula is C21H24N2O6. The summed E-state index contributed by atoms with van der Waals surface area (Å²) < 4.78 is 15.3. The van der Waals surface area contributed by atoms with Crippen LogP contribution in [0.25, 0.3) is 0 Å². The molecule has 2 amide bonds. The van der Waals surface area contributed by atoms with E-state index in [1.807, 2.05) is 19.1 Å². The molecule has 2 aromatic carbocycles. The summed E-state index contributed by atoms with van der Waals surface area (Å²) in [6, 6.07) is 11.9. The van der Waals surface area contributed by atoms with Crippen molar-refractivity contribution in [3.8, 4) is 11.5 Å². The van der Waals surface area contributed by atoms with Crippen LogP contribution in [-0.2, 0) is 14.3 Å². The first-order chi connectivity index (χ1) is 13.8. The number of aryl methyl sites for hydroxylation is 1. The van der Waals surface area contributed by atoms with E-state index in [2.05, 4.69) is 10.6 Å². The van der Waals surface area contributed by atoms with Crippen molar-refractivity contribution in [1.82, 2.24) is 5.32 Å². The molecule has 2 rings (SSSR count). The van der Waals surface area contributed by atoms with Crippen LogP contribution >= 0.6 is 0 Å². The highest BCUT2D eigenvalue weighted by molar-refractivity contribution is 5.97. The van der Waals surface area contributed by atoms with Gasteiger partial charge in [0, 0.05) is 17.3 Å². The maximum Gasteiger partial charge on any atom is 0.326 e. The highest BCUT2D eigenvalue weighted by atomic mass is 16.5. The molecular weight excluding hydrogens is 376 g/mol. The van der Waals surface area contributed by atoms with Crippen molar-refractivity contribution in [3.63, 3.8) is 0 Å². The molecule has 0 heterocycles. The third-order valence-corrected chi connectivity index (χ3v) is 3.97. The first-order valence-corrected chi connectivity index (χ1v) is 8.90. The van der Waals surface area contributed by atoms with Crippen LogP contribution in [0.3, 0.4) is 0 Å². The standard InChI is InChI=1S/C21H24N2O6/c1-13-6-5-7-16(8-13)23-20(25)14(2)29-19(24)12-22-21(26)15-9-17(27-3)11-18(10-15)28-4/h5-11,14H,12H2,1-4H3,(H,22,26)(H,23,25)/t14-/m0/s1. The smallest absolute Gasteiger partial charge is 0.326 e. The Bertz CT molecular complexity index is 874. The van der Waals surface area contributed by atoms with Crippen LogP contribution in [0.5, 0.6) is 11.5 Å². The zero-order valence-corrected chi connectivity index (χ0v) is 16.8. The summed E-state index contributed by atoms with van der Waals surface area (Å²) >= 11 is 0. The molecule has 0 radical (unpaired) electrons. The number of anilines is 1. The van der Waals surface area contributed by atoms with E-state index in [9.17, 15) is 14.4 Å². The number of carbonyl (C=O) groups excluding carboxylic acids is 3. The van der Waals surface area contributed by atoms with E-state index in [0.717, 1.165) is 5.56 Å². The summed E-state index contributed by atoms with van der Waals surface area (Å²) in [5.74, 6) is -0.819. The molecule has 154 valence electrons. The van der Waals surface area contributed by atoms with Gasteiger partial charge in [0.25, 0.3) is 11.8 Å². The predicted molar refractivity (Wildman–Crippen MR) is 107 cm³/mol. The molecule has 0 fully saturated rings. The van der Waals surface area contributed by atoms with Crippen molar-refractivity contribution < 1.29 is 28.6 Å². The number of benzene rings is 2. The van der Waals surface area contributed by atoms with Crippen molar-refractivity contribution >= 4 is 23.5 Å². The van der Waals surface area contributed by atoms with Crippen molar-refractivity contribution in [2.24, 2.45) is 0 Å². The number of carbonyl (C=O) groups is 3. The first kappa shape index (κ1) is 21.7. The van der Waals surface area contributed by atoms with Gasteiger partial charge in [0.1, 0.15) is 18.0 Å². The van der Waals surface area contributed by atoms with Gasteiger partial charge in [-0.05, 0) is 43.7 Å². The second-order valence-corrected chi connectivity index (χ2v) is 6.27. The molecule has 8 heteroatoms. The summed E-state index contributed by atoms with van der Waals surface area (Å²) in [5.41, 5.74) is 1.86. The lowest BCUT2D eigenvalue weighted by Gasteiger charge is -2.14. The van der Waals surface area contributed by atoms with E-state index >= 15 is 0 Å². The van der Waals surface area contributed by atoms with Gasteiger partial charge in [0.15, 0.2) is 6.10 Å². The number of rotatable bonds is 8. The van der Waals surface area contributed by atoms with Gasteiger partial charge in [0.05, 0.1) is 14.2 Å². The molecule has 0 bridgehead atoms. The Labute approximate surface area is 169 Å². The van der Waals surface area contributed by atoms with E-state index in [1.54, 1.807) is 18.2 Å². The summed E-state index contributed by atoms with van der Waals surface area (Å²) in [6.45, 7) is 2.97. The molecule has 0 aliphatic carbocycles. The summed E-state index contributed by atoms with van der Waals surface area (Å²) in [6.07, 6.45) is -1.02. The fourth-order valence-corrected chi connectivity index (χ4v) is 2.45. The maximum atomic E-state index is 12.3. The minimum absolute atomic E-state index is 0.263. The quantitative estimate of drug-likeness (QED) is 0.659.